The van der Waals surface area contributed by atoms with Crippen molar-refractivity contribution in [3.05, 3.63) is 34.7 Å². The number of hydrogen-bond donors (Lipinski definition) is 2. The smallest absolute Gasteiger partial charge is 0.244 e. The number of carbonyl (C=O) groups excluding carboxylic acids is 1. The molecule has 3 N–H and O–H groups in total. The van der Waals surface area contributed by atoms with Crippen molar-refractivity contribution in [1.82, 2.24) is 4.98 Å². The molecule has 6 heteroatoms. The van der Waals surface area contributed by atoms with E-state index >= 15 is 0 Å². The zero-order chi connectivity index (χ0) is 15.5. The monoisotopic (exact) mass is 339 g/mol. The van der Waals surface area contributed by atoms with Crippen LogP contribution in [0.1, 0.15) is 31.7 Å². The van der Waals surface area contributed by atoms with Gasteiger partial charge in [-0.2, -0.15) is 0 Å². The third-order valence-corrected chi connectivity index (χ3v) is 4.12. The molecule has 1 unspecified atom stereocenters. The van der Waals surface area contributed by atoms with Crippen LogP contribution in [-0.4, -0.2) is 16.4 Å². The molecule has 0 spiro atoms. The molecular formula is C16H22ClN3OS. The Morgan fingerprint density at radius 2 is 2.00 bits per heavy atom. The fraction of sp³-hybridized carbons (Fsp3) is 0.375. The van der Waals surface area contributed by atoms with E-state index in [1.165, 1.54) is 0 Å². The van der Waals surface area contributed by atoms with Gasteiger partial charge in [-0.15, -0.1) is 23.7 Å². The number of anilines is 1. The van der Waals surface area contributed by atoms with Gasteiger partial charge in [0.25, 0.3) is 0 Å². The number of rotatable bonds is 5. The lowest BCUT2D eigenvalue weighted by molar-refractivity contribution is -0.120. The Kier molecular flexibility index (Phi) is 6.53. The van der Waals surface area contributed by atoms with Gasteiger partial charge < -0.3 is 11.1 Å². The van der Waals surface area contributed by atoms with Crippen LogP contribution >= 0.6 is 23.7 Å². The molecule has 1 heterocycles. The van der Waals surface area contributed by atoms with Crippen molar-refractivity contribution < 1.29 is 4.79 Å². The van der Waals surface area contributed by atoms with Gasteiger partial charge in [-0.1, -0.05) is 25.5 Å². The van der Waals surface area contributed by atoms with E-state index in [2.05, 4.69) is 10.3 Å². The highest BCUT2D eigenvalue weighted by atomic mass is 35.5. The highest BCUT2D eigenvalue weighted by molar-refractivity contribution is 7.09. The van der Waals surface area contributed by atoms with E-state index < -0.39 is 5.54 Å². The molecule has 2 aromatic rings. The van der Waals surface area contributed by atoms with Crippen molar-refractivity contribution in [1.29, 1.82) is 0 Å². The standard InChI is InChI=1S/C16H21N3OS.ClH/c1-4-9-16(3,17)15(20)19-13-7-5-12(6-8-13)14-10-21-11(2)18-14;/h5-8,10H,4,9,17H2,1-3H3,(H,19,20);1H. The summed E-state index contributed by atoms with van der Waals surface area (Å²) in [6.07, 6.45) is 1.54. The lowest BCUT2D eigenvalue weighted by atomic mass is 9.96. The average Bonchev–Trinajstić information content (AvgIpc) is 2.86. The number of aromatic nitrogens is 1. The zero-order valence-electron chi connectivity index (χ0n) is 13.1. The quantitative estimate of drug-likeness (QED) is 0.865. The normalized spacial score (nSPS) is 13.1. The van der Waals surface area contributed by atoms with Crippen molar-refractivity contribution in [2.45, 2.75) is 39.2 Å². The summed E-state index contributed by atoms with van der Waals surface area (Å²) in [5.74, 6) is -0.151. The number of nitrogens with zero attached hydrogens (tertiary/aromatic N) is 1. The molecule has 0 saturated heterocycles. The summed E-state index contributed by atoms with van der Waals surface area (Å²) in [6, 6.07) is 7.67. The van der Waals surface area contributed by atoms with Crippen LogP contribution in [0.3, 0.4) is 0 Å². The van der Waals surface area contributed by atoms with Crippen LogP contribution in [0.4, 0.5) is 5.69 Å². The van der Waals surface area contributed by atoms with Crippen LogP contribution in [-0.2, 0) is 4.79 Å². The first-order valence-corrected chi connectivity index (χ1v) is 7.93. The first-order chi connectivity index (χ1) is 9.92. The number of halogens is 1. The molecule has 1 aromatic heterocycles. The van der Waals surface area contributed by atoms with E-state index in [9.17, 15) is 4.79 Å². The number of benzene rings is 1. The summed E-state index contributed by atoms with van der Waals surface area (Å²) in [5.41, 5.74) is 7.95. The molecule has 22 heavy (non-hydrogen) atoms. The van der Waals surface area contributed by atoms with Crippen LogP contribution in [0.5, 0.6) is 0 Å². The minimum Gasteiger partial charge on any atom is -0.325 e. The van der Waals surface area contributed by atoms with Gasteiger partial charge in [0.05, 0.1) is 16.2 Å². The van der Waals surface area contributed by atoms with Crippen LogP contribution in [0, 0.1) is 6.92 Å². The Morgan fingerprint density at radius 3 is 2.50 bits per heavy atom. The second kappa shape index (κ2) is 7.72. The summed E-state index contributed by atoms with van der Waals surface area (Å²) >= 11 is 1.63. The Balaban J connectivity index is 0.00000242. The minimum atomic E-state index is -0.834. The van der Waals surface area contributed by atoms with Gasteiger partial charge in [-0.05, 0) is 32.4 Å². The predicted octanol–water partition coefficient (Wildman–Crippen LogP) is 4.00. The van der Waals surface area contributed by atoms with E-state index in [0.717, 1.165) is 28.4 Å². The van der Waals surface area contributed by atoms with Gasteiger partial charge in [-0.25, -0.2) is 4.98 Å². The van der Waals surface area contributed by atoms with Gasteiger partial charge >= 0.3 is 0 Å². The van der Waals surface area contributed by atoms with Gasteiger partial charge in [0.1, 0.15) is 0 Å². The number of carbonyl (C=O) groups is 1. The second-order valence-corrected chi connectivity index (χ2v) is 6.51. The van der Waals surface area contributed by atoms with Crippen LogP contribution < -0.4 is 11.1 Å². The molecule has 1 amide bonds. The van der Waals surface area contributed by atoms with Gasteiger partial charge in [0.15, 0.2) is 0 Å². The summed E-state index contributed by atoms with van der Waals surface area (Å²) in [7, 11) is 0. The first-order valence-electron chi connectivity index (χ1n) is 7.05. The lowest BCUT2D eigenvalue weighted by Crippen LogP contribution is -2.48. The minimum absolute atomic E-state index is 0. The summed E-state index contributed by atoms with van der Waals surface area (Å²) < 4.78 is 0. The maximum atomic E-state index is 12.1. The lowest BCUT2D eigenvalue weighted by Gasteiger charge is -2.22. The average molecular weight is 340 g/mol. The number of amides is 1. The topological polar surface area (TPSA) is 68.0 Å². The number of nitrogens with two attached hydrogens (primary N) is 1. The highest BCUT2D eigenvalue weighted by Gasteiger charge is 2.27. The fourth-order valence-corrected chi connectivity index (χ4v) is 2.75. The predicted molar refractivity (Wildman–Crippen MR) is 95.7 cm³/mol. The molecule has 0 bridgehead atoms. The van der Waals surface area contributed by atoms with E-state index in [1.54, 1.807) is 18.3 Å². The molecule has 0 saturated carbocycles. The number of nitrogens with one attached hydrogen (secondary N) is 1. The maximum Gasteiger partial charge on any atom is 0.244 e. The molecule has 0 aliphatic rings. The Morgan fingerprint density at radius 1 is 1.36 bits per heavy atom. The molecular weight excluding hydrogens is 318 g/mol. The SMILES string of the molecule is CCCC(C)(N)C(=O)Nc1ccc(-c2csc(C)n2)cc1.Cl. The molecule has 1 atom stereocenters. The van der Waals surface area contributed by atoms with Crippen LogP contribution in [0.15, 0.2) is 29.6 Å². The highest BCUT2D eigenvalue weighted by Crippen LogP contribution is 2.23. The first kappa shape index (κ1) is 18.6. The maximum absolute atomic E-state index is 12.1. The second-order valence-electron chi connectivity index (χ2n) is 5.45. The van der Waals surface area contributed by atoms with Gasteiger partial charge in [0, 0.05) is 16.6 Å². The summed E-state index contributed by atoms with van der Waals surface area (Å²) in [6.45, 7) is 5.76. The van der Waals surface area contributed by atoms with E-state index in [-0.39, 0.29) is 18.3 Å². The number of aryl methyl sites for hydroxylation is 1. The Bertz CT molecular complexity index is 623. The van der Waals surface area contributed by atoms with Crippen molar-refractivity contribution in [2.24, 2.45) is 5.73 Å². The molecule has 0 aliphatic carbocycles. The van der Waals surface area contributed by atoms with E-state index in [1.807, 2.05) is 43.5 Å². The molecule has 4 nitrogen and oxygen atoms in total. The molecule has 0 aliphatic heterocycles. The molecule has 1 aromatic carbocycles. The Hall–Kier alpha value is -1.43. The third kappa shape index (κ3) is 4.53. The van der Waals surface area contributed by atoms with Crippen molar-refractivity contribution >= 4 is 35.3 Å². The molecule has 120 valence electrons. The largest absolute Gasteiger partial charge is 0.325 e. The Labute approximate surface area is 141 Å². The molecule has 0 fully saturated rings. The number of hydrogen-bond acceptors (Lipinski definition) is 4. The van der Waals surface area contributed by atoms with Gasteiger partial charge in [0.2, 0.25) is 5.91 Å². The summed E-state index contributed by atoms with van der Waals surface area (Å²) in [4.78, 5) is 16.6. The molecule has 0 radical (unpaired) electrons. The third-order valence-electron chi connectivity index (χ3n) is 3.35. The van der Waals surface area contributed by atoms with Gasteiger partial charge in [-0.3, -0.25) is 4.79 Å². The van der Waals surface area contributed by atoms with E-state index in [0.29, 0.717) is 6.42 Å². The number of thiazole rings is 1. The van der Waals surface area contributed by atoms with E-state index in [4.69, 9.17) is 5.73 Å². The van der Waals surface area contributed by atoms with Crippen LogP contribution in [0.2, 0.25) is 0 Å². The van der Waals surface area contributed by atoms with Crippen molar-refractivity contribution in [3.63, 3.8) is 0 Å². The van der Waals surface area contributed by atoms with Crippen LogP contribution in [0.25, 0.3) is 11.3 Å². The zero-order valence-corrected chi connectivity index (χ0v) is 14.7. The van der Waals surface area contributed by atoms with Crippen molar-refractivity contribution in [2.75, 3.05) is 5.32 Å². The molecule has 2 rings (SSSR count). The summed E-state index contributed by atoms with van der Waals surface area (Å²) in [5, 5.41) is 5.94. The van der Waals surface area contributed by atoms with Crippen molar-refractivity contribution in [3.8, 4) is 11.3 Å². The fourth-order valence-electron chi connectivity index (χ4n) is 2.13.